The van der Waals surface area contributed by atoms with Gasteiger partial charge in [0.05, 0.1) is 10.2 Å². The first-order chi connectivity index (χ1) is 17.3. The van der Waals surface area contributed by atoms with E-state index >= 15 is 0 Å². The first kappa shape index (κ1) is 23.7. The van der Waals surface area contributed by atoms with Crippen molar-refractivity contribution in [2.45, 2.75) is 6.92 Å². The molecule has 0 fully saturated rings. The Hall–Kier alpha value is -4.01. The van der Waals surface area contributed by atoms with Crippen LogP contribution in [0.2, 0.25) is 5.02 Å². The standard InChI is InChI=1S/C27H20ClN3O4S/c1-15-7-12-20-21(13-15)36-27(29-20)30-22(32)14-35-26(34)24-23(16-8-10-17(28)11-9-16)18-5-3-4-6-19(18)25(33)31(24)2/h3-13H,14H2,1-2H3,(H,29,30,32). The van der Waals surface area contributed by atoms with E-state index in [1.54, 1.807) is 48.5 Å². The van der Waals surface area contributed by atoms with Gasteiger partial charge in [-0.2, -0.15) is 0 Å². The van der Waals surface area contributed by atoms with Gasteiger partial charge in [-0.25, -0.2) is 9.78 Å². The fourth-order valence-corrected chi connectivity index (χ4v) is 5.16. The van der Waals surface area contributed by atoms with E-state index in [0.29, 0.717) is 32.1 Å². The molecule has 5 rings (SSSR count). The molecule has 7 nitrogen and oxygen atoms in total. The number of amides is 1. The fourth-order valence-electron chi connectivity index (χ4n) is 4.05. The van der Waals surface area contributed by atoms with Gasteiger partial charge in [0.15, 0.2) is 11.7 Å². The van der Waals surface area contributed by atoms with Crippen LogP contribution >= 0.6 is 22.9 Å². The van der Waals surface area contributed by atoms with Crippen LogP contribution in [-0.2, 0) is 16.6 Å². The van der Waals surface area contributed by atoms with Crippen molar-refractivity contribution in [1.29, 1.82) is 0 Å². The molecule has 0 saturated carbocycles. The average Bonchev–Trinajstić information content (AvgIpc) is 3.26. The maximum absolute atomic E-state index is 13.3. The highest BCUT2D eigenvalue weighted by Gasteiger charge is 2.23. The normalized spacial score (nSPS) is 11.1. The number of thiazole rings is 1. The predicted molar refractivity (Wildman–Crippen MR) is 143 cm³/mol. The Kier molecular flexibility index (Phi) is 6.30. The molecule has 1 amide bonds. The zero-order valence-electron chi connectivity index (χ0n) is 19.4. The molecule has 0 unspecified atom stereocenters. The van der Waals surface area contributed by atoms with Crippen LogP contribution < -0.4 is 10.9 Å². The van der Waals surface area contributed by atoms with E-state index in [2.05, 4.69) is 10.3 Å². The zero-order valence-corrected chi connectivity index (χ0v) is 20.9. The molecular formula is C27H20ClN3O4S. The van der Waals surface area contributed by atoms with Gasteiger partial charge < -0.3 is 9.30 Å². The van der Waals surface area contributed by atoms with Gasteiger partial charge in [0.25, 0.3) is 11.5 Å². The number of nitrogens with zero attached hydrogens (tertiary/aromatic N) is 2. The van der Waals surface area contributed by atoms with Gasteiger partial charge in [0, 0.05) is 23.0 Å². The average molecular weight is 518 g/mol. The van der Waals surface area contributed by atoms with Crippen LogP contribution in [-0.4, -0.2) is 28.0 Å². The minimum atomic E-state index is -0.791. The zero-order chi connectivity index (χ0) is 25.4. The van der Waals surface area contributed by atoms with E-state index in [-0.39, 0.29) is 11.3 Å². The molecule has 3 aromatic carbocycles. The Bertz CT molecular complexity index is 1710. The van der Waals surface area contributed by atoms with Gasteiger partial charge in [-0.15, -0.1) is 0 Å². The lowest BCUT2D eigenvalue weighted by molar-refractivity contribution is -0.119. The van der Waals surface area contributed by atoms with Crippen molar-refractivity contribution in [3.8, 4) is 11.1 Å². The van der Waals surface area contributed by atoms with Crippen LogP contribution in [0.15, 0.2) is 71.5 Å². The number of aromatic nitrogens is 2. The van der Waals surface area contributed by atoms with Crippen LogP contribution in [0.4, 0.5) is 5.13 Å². The summed E-state index contributed by atoms with van der Waals surface area (Å²) in [5.41, 5.74) is 2.78. The summed E-state index contributed by atoms with van der Waals surface area (Å²) < 4.78 is 7.56. The Morgan fingerprint density at radius 1 is 1.06 bits per heavy atom. The molecule has 0 aliphatic rings. The van der Waals surface area contributed by atoms with Crippen LogP contribution in [0.25, 0.3) is 32.1 Å². The highest BCUT2D eigenvalue weighted by molar-refractivity contribution is 7.22. The summed E-state index contributed by atoms with van der Waals surface area (Å²) in [5, 5.41) is 4.69. The molecule has 36 heavy (non-hydrogen) atoms. The quantitative estimate of drug-likeness (QED) is 0.308. The minimum absolute atomic E-state index is 0.0456. The number of anilines is 1. The minimum Gasteiger partial charge on any atom is -0.451 e. The third-order valence-corrected chi connectivity index (χ3v) is 6.94. The second-order valence-electron chi connectivity index (χ2n) is 8.25. The number of carbonyl (C=O) groups is 2. The number of carbonyl (C=O) groups excluding carboxylic acids is 2. The van der Waals surface area contributed by atoms with Crippen molar-refractivity contribution in [1.82, 2.24) is 9.55 Å². The molecule has 0 atom stereocenters. The molecule has 0 aliphatic heterocycles. The van der Waals surface area contributed by atoms with Gasteiger partial charge >= 0.3 is 5.97 Å². The SMILES string of the molecule is Cc1ccc2nc(NC(=O)COC(=O)c3c(-c4ccc(Cl)cc4)c4ccccc4c(=O)n3C)sc2c1. The molecule has 1 N–H and O–H groups in total. The van der Waals surface area contributed by atoms with Crippen molar-refractivity contribution in [2.75, 3.05) is 11.9 Å². The van der Waals surface area contributed by atoms with Crippen LogP contribution in [0.3, 0.4) is 0 Å². The van der Waals surface area contributed by atoms with E-state index < -0.39 is 18.5 Å². The van der Waals surface area contributed by atoms with E-state index in [1.807, 2.05) is 25.1 Å². The van der Waals surface area contributed by atoms with Gasteiger partial charge in [-0.3, -0.25) is 14.9 Å². The molecule has 9 heteroatoms. The summed E-state index contributed by atoms with van der Waals surface area (Å²) in [4.78, 5) is 43.2. The summed E-state index contributed by atoms with van der Waals surface area (Å²) in [6.45, 7) is 1.45. The predicted octanol–water partition coefficient (Wildman–Crippen LogP) is 5.57. The number of fused-ring (bicyclic) bond motifs is 2. The molecule has 0 bridgehead atoms. The van der Waals surface area contributed by atoms with Crippen molar-refractivity contribution in [3.63, 3.8) is 0 Å². The maximum atomic E-state index is 13.3. The molecular weight excluding hydrogens is 498 g/mol. The lowest BCUT2D eigenvalue weighted by atomic mass is 9.97. The molecule has 5 aromatic rings. The first-order valence-corrected chi connectivity index (χ1v) is 12.2. The molecule has 0 spiro atoms. The number of ether oxygens (including phenoxy) is 1. The summed E-state index contributed by atoms with van der Waals surface area (Å²) >= 11 is 7.40. The first-order valence-electron chi connectivity index (χ1n) is 11.0. The van der Waals surface area contributed by atoms with Crippen molar-refractivity contribution >= 4 is 60.9 Å². The number of nitrogens with one attached hydrogen (secondary N) is 1. The number of hydrogen-bond donors (Lipinski definition) is 1. The second kappa shape index (κ2) is 9.56. The molecule has 2 heterocycles. The monoisotopic (exact) mass is 517 g/mol. The van der Waals surface area contributed by atoms with Crippen LogP contribution in [0.5, 0.6) is 0 Å². The number of aryl methyl sites for hydroxylation is 1. The Morgan fingerprint density at radius 3 is 2.53 bits per heavy atom. The third-order valence-electron chi connectivity index (χ3n) is 5.75. The molecule has 0 aliphatic carbocycles. The fraction of sp³-hybridized carbons (Fsp3) is 0.111. The highest BCUT2D eigenvalue weighted by Crippen LogP contribution is 2.32. The number of hydrogen-bond acceptors (Lipinski definition) is 6. The van der Waals surface area contributed by atoms with Gasteiger partial charge in [0.1, 0.15) is 5.69 Å². The van der Waals surface area contributed by atoms with Crippen molar-refractivity contribution in [2.24, 2.45) is 7.05 Å². The number of esters is 1. The third kappa shape index (κ3) is 4.48. The largest absolute Gasteiger partial charge is 0.451 e. The lowest BCUT2D eigenvalue weighted by Crippen LogP contribution is -2.28. The smallest absolute Gasteiger partial charge is 0.356 e. The second-order valence-corrected chi connectivity index (χ2v) is 9.72. The number of rotatable bonds is 5. The van der Waals surface area contributed by atoms with Gasteiger partial charge in [0.2, 0.25) is 0 Å². The van der Waals surface area contributed by atoms with E-state index in [0.717, 1.165) is 15.8 Å². The lowest BCUT2D eigenvalue weighted by Gasteiger charge is -2.16. The summed E-state index contributed by atoms with van der Waals surface area (Å²) in [6, 6.07) is 19.8. The van der Waals surface area contributed by atoms with Crippen molar-refractivity contribution in [3.05, 3.63) is 93.4 Å². The summed E-state index contributed by atoms with van der Waals surface area (Å²) in [5.74, 6) is -1.32. The van der Waals surface area contributed by atoms with E-state index in [4.69, 9.17) is 16.3 Å². The number of pyridine rings is 1. The number of benzene rings is 3. The Labute approximate surface area is 214 Å². The molecule has 0 radical (unpaired) electrons. The molecule has 180 valence electrons. The Morgan fingerprint density at radius 2 is 1.78 bits per heavy atom. The summed E-state index contributed by atoms with van der Waals surface area (Å²) in [6.07, 6.45) is 0. The van der Waals surface area contributed by atoms with E-state index in [9.17, 15) is 14.4 Å². The van der Waals surface area contributed by atoms with Crippen LogP contribution in [0.1, 0.15) is 16.1 Å². The maximum Gasteiger partial charge on any atom is 0.356 e. The van der Waals surface area contributed by atoms with E-state index in [1.165, 1.54) is 23.0 Å². The Balaban J connectivity index is 1.45. The van der Waals surface area contributed by atoms with Crippen LogP contribution in [0, 0.1) is 6.92 Å². The highest BCUT2D eigenvalue weighted by atomic mass is 35.5. The summed E-state index contributed by atoms with van der Waals surface area (Å²) in [7, 11) is 1.51. The molecule has 0 saturated heterocycles. The molecule has 2 aromatic heterocycles. The van der Waals surface area contributed by atoms with Gasteiger partial charge in [-0.1, -0.05) is 59.3 Å². The topological polar surface area (TPSA) is 90.3 Å². The van der Waals surface area contributed by atoms with Crippen molar-refractivity contribution < 1.29 is 14.3 Å². The van der Waals surface area contributed by atoms with Gasteiger partial charge in [-0.05, 0) is 53.8 Å². The number of halogens is 1.